The molecule has 17 heavy (non-hydrogen) atoms. The van der Waals surface area contributed by atoms with Crippen LogP contribution >= 0.6 is 15.9 Å². The molecule has 2 nitrogen and oxygen atoms in total. The summed E-state index contributed by atoms with van der Waals surface area (Å²) in [6.07, 6.45) is 3.86. The fourth-order valence-electron chi connectivity index (χ4n) is 2.71. The number of hydrogen-bond acceptors (Lipinski definition) is 2. The van der Waals surface area contributed by atoms with Crippen molar-refractivity contribution in [1.82, 2.24) is 5.32 Å². The quantitative estimate of drug-likeness (QED) is 0.895. The van der Waals surface area contributed by atoms with E-state index in [1.807, 2.05) is 0 Å². The molecule has 3 heteroatoms. The Morgan fingerprint density at radius 1 is 1.35 bits per heavy atom. The van der Waals surface area contributed by atoms with Crippen molar-refractivity contribution in [2.75, 3.05) is 6.54 Å². The zero-order valence-electron chi connectivity index (χ0n) is 10.3. The molecule has 1 aliphatic rings. The van der Waals surface area contributed by atoms with Crippen molar-refractivity contribution in [2.45, 2.75) is 38.3 Å². The number of benzene rings is 1. The van der Waals surface area contributed by atoms with Crippen LogP contribution in [0.4, 0.5) is 0 Å². The summed E-state index contributed by atoms with van der Waals surface area (Å²) in [5.74, 6) is 0.660. The van der Waals surface area contributed by atoms with Crippen molar-refractivity contribution in [3.8, 4) is 0 Å². The molecule has 0 bridgehead atoms. The highest BCUT2D eigenvalue weighted by atomic mass is 79.9. The van der Waals surface area contributed by atoms with E-state index in [9.17, 15) is 0 Å². The van der Waals surface area contributed by atoms with Gasteiger partial charge in [0, 0.05) is 16.6 Å². The number of nitrogens with one attached hydrogen (secondary N) is 1. The van der Waals surface area contributed by atoms with Gasteiger partial charge in [0.25, 0.3) is 0 Å². The smallest absolute Gasteiger partial charge is 0.0294 e. The molecule has 1 fully saturated rings. The predicted octanol–water partition coefficient (Wildman–Crippen LogP) is 3.23. The Labute approximate surface area is 112 Å². The molecule has 2 rings (SSSR count). The van der Waals surface area contributed by atoms with Crippen molar-refractivity contribution in [3.63, 3.8) is 0 Å². The third kappa shape index (κ3) is 3.30. The van der Waals surface area contributed by atoms with Crippen LogP contribution in [0.1, 0.15) is 37.8 Å². The molecule has 1 aromatic rings. The summed E-state index contributed by atoms with van der Waals surface area (Å²) in [5, 5.41) is 3.72. The summed E-state index contributed by atoms with van der Waals surface area (Å²) >= 11 is 3.47. The first-order chi connectivity index (χ1) is 8.20. The molecule has 0 radical (unpaired) electrons. The molecular formula is C14H21BrN2. The molecule has 0 amide bonds. The SMILES string of the molecule is CC(NC1CCCC1CN)c1ccc(Br)cc1. The van der Waals surface area contributed by atoms with Gasteiger partial charge < -0.3 is 11.1 Å². The second-order valence-electron chi connectivity index (χ2n) is 4.97. The second kappa shape index (κ2) is 5.98. The highest BCUT2D eigenvalue weighted by Gasteiger charge is 2.26. The van der Waals surface area contributed by atoms with Gasteiger partial charge in [-0.3, -0.25) is 0 Å². The van der Waals surface area contributed by atoms with Gasteiger partial charge in [0.05, 0.1) is 0 Å². The summed E-state index contributed by atoms with van der Waals surface area (Å²) in [7, 11) is 0. The van der Waals surface area contributed by atoms with Crippen LogP contribution in [0, 0.1) is 5.92 Å². The van der Waals surface area contributed by atoms with Crippen LogP contribution in [0.25, 0.3) is 0 Å². The van der Waals surface area contributed by atoms with Crippen molar-refractivity contribution >= 4 is 15.9 Å². The van der Waals surface area contributed by atoms with E-state index in [4.69, 9.17) is 5.73 Å². The maximum atomic E-state index is 5.81. The molecular weight excluding hydrogens is 276 g/mol. The van der Waals surface area contributed by atoms with E-state index in [0.29, 0.717) is 18.0 Å². The van der Waals surface area contributed by atoms with Crippen LogP contribution in [-0.4, -0.2) is 12.6 Å². The highest BCUT2D eigenvalue weighted by Crippen LogP contribution is 2.27. The molecule has 1 aliphatic carbocycles. The largest absolute Gasteiger partial charge is 0.330 e. The monoisotopic (exact) mass is 296 g/mol. The van der Waals surface area contributed by atoms with Gasteiger partial charge in [0.15, 0.2) is 0 Å². The van der Waals surface area contributed by atoms with E-state index in [1.54, 1.807) is 0 Å². The summed E-state index contributed by atoms with van der Waals surface area (Å²) in [6, 6.07) is 9.55. The Hall–Kier alpha value is -0.380. The lowest BCUT2D eigenvalue weighted by Gasteiger charge is -2.24. The van der Waals surface area contributed by atoms with Crippen molar-refractivity contribution < 1.29 is 0 Å². The van der Waals surface area contributed by atoms with E-state index in [-0.39, 0.29) is 0 Å². The van der Waals surface area contributed by atoms with E-state index in [2.05, 4.69) is 52.4 Å². The molecule has 0 aromatic heterocycles. The van der Waals surface area contributed by atoms with Crippen LogP contribution in [0.15, 0.2) is 28.7 Å². The lowest BCUT2D eigenvalue weighted by atomic mass is 10.0. The molecule has 3 atom stereocenters. The maximum absolute atomic E-state index is 5.81. The lowest BCUT2D eigenvalue weighted by molar-refractivity contribution is 0.374. The van der Waals surface area contributed by atoms with Gasteiger partial charge in [-0.25, -0.2) is 0 Å². The summed E-state index contributed by atoms with van der Waals surface area (Å²) in [4.78, 5) is 0. The number of halogens is 1. The van der Waals surface area contributed by atoms with Crippen LogP contribution in [0.5, 0.6) is 0 Å². The molecule has 0 heterocycles. The topological polar surface area (TPSA) is 38.0 Å². The molecule has 1 aromatic carbocycles. The van der Waals surface area contributed by atoms with Crippen LogP contribution in [0.3, 0.4) is 0 Å². The van der Waals surface area contributed by atoms with E-state index < -0.39 is 0 Å². The third-order valence-electron chi connectivity index (χ3n) is 3.80. The second-order valence-corrected chi connectivity index (χ2v) is 5.89. The number of rotatable bonds is 4. The van der Waals surface area contributed by atoms with Gasteiger partial charge in [-0.05, 0) is 49.9 Å². The van der Waals surface area contributed by atoms with Gasteiger partial charge in [-0.1, -0.05) is 34.5 Å². The zero-order chi connectivity index (χ0) is 12.3. The first-order valence-electron chi connectivity index (χ1n) is 6.42. The van der Waals surface area contributed by atoms with E-state index >= 15 is 0 Å². The minimum Gasteiger partial charge on any atom is -0.330 e. The average molecular weight is 297 g/mol. The van der Waals surface area contributed by atoms with Gasteiger partial charge in [-0.2, -0.15) is 0 Å². The van der Waals surface area contributed by atoms with Crippen molar-refractivity contribution in [3.05, 3.63) is 34.3 Å². The fourth-order valence-corrected chi connectivity index (χ4v) is 2.97. The van der Waals surface area contributed by atoms with Crippen LogP contribution in [-0.2, 0) is 0 Å². The molecule has 0 saturated heterocycles. The van der Waals surface area contributed by atoms with E-state index in [1.165, 1.54) is 24.8 Å². The van der Waals surface area contributed by atoms with Crippen LogP contribution in [0.2, 0.25) is 0 Å². The van der Waals surface area contributed by atoms with Crippen LogP contribution < -0.4 is 11.1 Å². The highest BCUT2D eigenvalue weighted by molar-refractivity contribution is 9.10. The van der Waals surface area contributed by atoms with Crippen molar-refractivity contribution in [2.24, 2.45) is 11.7 Å². The van der Waals surface area contributed by atoms with Crippen molar-refractivity contribution in [1.29, 1.82) is 0 Å². The number of hydrogen-bond donors (Lipinski definition) is 2. The molecule has 0 aliphatic heterocycles. The normalized spacial score (nSPS) is 26.1. The Balaban J connectivity index is 1.96. The Morgan fingerprint density at radius 3 is 2.71 bits per heavy atom. The molecule has 0 spiro atoms. The Bertz CT molecular complexity index is 350. The Kier molecular flexibility index (Phi) is 4.60. The Morgan fingerprint density at radius 2 is 2.06 bits per heavy atom. The fraction of sp³-hybridized carbons (Fsp3) is 0.571. The molecule has 1 saturated carbocycles. The minimum absolute atomic E-state index is 0.403. The number of nitrogens with two attached hydrogens (primary N) is 1. The zero-order valence-corrected chi connectivity index (χ0v) is 11.9. The van der Waals surface area contributed by atoms with Gasteiger partial charge in [0.1, 0.15) is 0 Å². The summed E-state index contributed by atoms with van der Waals surface area (Å²) in [6.45, 7) is 3.04. The van der Waals surface area contributed by atoms with E-state index in [0.717, 1.165) is 11.0 Å². The van der Waals surface area contributed by atoms with Gasteiger partial charge >= 0.3 is 0 Å². The summed E-state index contributed by atoms with van der Waals surface area (Å²) in [5.41, 5.74) is 7.16. The molecule has 3 N–H and O–H groups in total. The maximum Gasteiger partial charge on any atom is 0.0294 e. The first-order valence-corrected chi connectivity index (χ1v) is 7.21. The lowest BCUT2D eigenvalue weighted by Crippen LogP contribution is -2.37. The minimum atomic E-state index is 0.403. The predicted molar refractivity (Wildman–Crippen MR) is 75.9 cm³/mol. The summed E-state index contributed by atoms with van der Waals surface area (Å²) < 4.78 is 1.13. The van der Waals surface area contributed by atoms with Gasteiger partial charge in [0.2, 0.25) is 0 Å². The first kappa shape index (κ1) is 13.1. The average Bonchev–Trinajstić information content (AvgIpc) is 2.77. The van der Waals surface area contributed by atoms with Gasteiger partial charge in [-0.15, -0.1) is 0 Å². The molecule has 3 unspecified atom stereocenters. The molecule has 94 valence electrons. The standard InChI is InChI=1S/C14H21BrN2/c1-10(11-5-7-13(15)8-6-11)17-14-4-2-3-12(14)9-16/h5-8,10,12,14,17H,2-4,9,16H2,1H3. The third-order valence-corrected chi connectivity index (χ3v) is 4.32.